The van der Waals surface area contributed by atoms with E-state index in [4.69, 9.17) is 23.2 Å². The first-order chi connectivity index (χ1) is 13.5. The van der Waals surface area contributed by atoms with Crippen LogP contribution in [-0.4, -0.2) is 28.1 Å². The van der Waals surface area contributed by atoms with Crippen LogP contribution in [0.3, 0.4) is 0 Å². The molecule has 3 nitrogen and oxygen atoms in total. The van der Waals surface area contributed by atoms with Crippen LogP contribution in [0, 0.1) is 0 Å². The molecule has 1 fully saturated rings. The average molecular weight is 413 g/mol. The van der Waals surface area contributed by atoms with Crippen molar-refractivity contribution in [2.24, 2.45) is 0 Å². The molecule has 2 heterocycles. The largest absolute Gasteiger partial charge is 0.385 e. The predicted octanol–water partition coefficient (Wildman–Crippen LogP) is 5.54. The zero-order chi connectivity index (χ0) is 19.6. The van der Waals surface area contributed by atoms with Gasteiger partial charge in [0.2, 0.25) is 0 Å². The van der Waals surface area contributed by atoms with Crippen molar-refractivity contribution >= 4 is 23.2 Å². The van der Waals surface area contributed by atoms with Gasteiger partial charge in [-0.15, -0.1) is 0 Å². The van der Waals surface area contributed by atoms with Crippen molar-refractivity contribution < 1.29 is 5.11 Å². The second-order valence-electron chi connectivity index (χ2n) is 7.40. The Bertz CT molecular complexity index is 934. The Morgan fingerprint density at radius 1 is 0.857 bits per heavy atom. The summed E-state index contributed by atoms with van der Waals surface area (Å²) in [5.74, 6) is 0. The molecule has 1 aromatic heterocycles. The Morgan fingerprint density at radius 2 is 1.46 bits per heavy atom. The van der Waals surface area contributed by atoms with E-state index in [0.29, 0.717) is 17.9 Å². The zero-order valence-electron chi connectivity index (χ0n) is 15.5. The lowest BCUT2D eigenvalue weighted by atomic mass is 9.84. The first-order valence-corrected chi connectivity index (χ1v) is 10.2. The van der Waals surface area contributed by atoms with E-state index < -0.39 is 5.60 Å². The summed E-state index contributed by atoms with van der Waals surface area (Å²) in [5.41, 5.74) is 3.54. The monoisotopic (exact) mass is 412 g/mol. The van der Waals surface area contributed by atoms with E-state index in [2.05, 4.69) is 16.0 Å². The van der Waals surface area contributed by atoms with Crippen molar-refractivity contribution in [3.8, 4) is 11.1 Å². The second kappa shape index (κ2) is 8.22. The molecule has 1 aliphatic rings. The Kier molecular flexibility index (Phi) is 5.70. The van der Waals surface area contributed by atoms with Crippen molar-refractivity contribution in [1.29, 1.82) is 0 Å². The normalized spacial score (nSPS) is 16.8. The zero-order valence-corrected chi connectivity index (χ0v) is 17.0. The smallest absolute Gasteiger partial charge is 0.0920 e. The van der Waals surface area contributed by atoms with Crippen molar-refractivity contribution in [1.82, 2.24) is 9.88 Å². The molecule has 1 saturated heterocycles. The molecular weight excluding hydrogens is 391 g/mol. The molecule has 1 aliphatic heterocycles. The lowest BCUT2D eigenvalue weighted by Gasteiger charge is -2.38. The molecule has 0 amide bonds. The third kappa shape index (κ3) is 4.39. The van der Waals surface area contributed by atoms with Gasteiger partial charge in [0.15, 0.2) is 0 Å². The van der Waals surface area contributed by atoms with E-state index in [9.17, 15) is 5.11 Å². The quantitative estimate of drug-likeness (QED) is 0.610. The lowest BCUT2D eigenvalue weighted by Crippen LogP contribution is -2.42. The second-order valence-corrected chi connectivity index (χ2v) is 8.28. The summed E-state index contributed by atoms with van der Waals surface area (Å²) in [6.07, 6.45) is 5.21. The highest BCUT2D eigenvalue weighted by Crippen LogP contribution is 2.34. The first kappa shape index (κ1) is 19.4. The Hall–Kier alpha value is -1.91. The van der Waals surface area contributed by atoms with Gasteiger partial charge in [-0.1, -0.05) is 47.5 Å². The summed E-state index contributed by atoms with van der Waals surface area (Å²) < 4.78 is 0. The van der Waals surface area contributed by atoms with Crippen LogP contribution in [0.25, 0.3) is 11.1 Å². The lowest BCUT2D eigenvalue weighted by molar-refractivity contribution is -0.0277. The molecule has 0 atom stereocenters. The molecular formula is C23H22Cl2N2O. The van der Waals surface area contributed by atoms with Gasteiger partial charge in [-0.05, 0) is 59.9 Å². The summed E-state index contributed by atoms with van der Waals surface area (Å²) in [7, 11) is 0. The van der Waals surface area contributed by atoms with Gasteiger partial charge in [0.1, 0.15) is 0 Å². The molecule has 0 spiro atoms. The molecule has 3 aromatic rings. The van der Waals surface area contributed by atoms with Crippen LogP contribution in [0.2, 0.25) is 10.0 Å². The first-order valence-electron chi connectivity index (χ1n) is 9.42. The third-order valence-electron chi connectivity index (χ3n) is 5.44. The van der Waals surface area contributed by atoms with Crippen LogP contribution in [0.4, 0.5) is 0 Å². The number of aliphatic hydroxyl groups is 1. The summed E-state index contributed by atoms with van der Waals surface area (Å²) >= 11 is 12.0. The molecule has 1 N–H and O–H groups in total. The van der Waals surface area contributed by atoms with E-state index in [1.807, 2.05) is 60.9 Å². The SMILES string of the molecule is OC1(c2ccc(Cl)cc2)CCN(Cc2cncc(-c3ccc(Cl)cc3)c2)CC1. The van der Waals surface area contributed by atoms with Gasteiger partial charge in [-0.2, -0.15) is 0 Å². The number of hydrogen-bond donors (Lipinski definition) is 1. The van der Waals surface area contributed by atoms with Crippen molar-refractivity contribution in [2.45, 2.75) is 25.0 Å². The van der Waals surface area contributed by atoms with E-state index in [1.165, 1.54) is 5.56 Å². The van der Waals surface area contributed by atoms with Crippen molar-refractivity contribution in [3.05, 3.63) is 88.2 Å². The fraction of sp³-hybridized carbons (Fsp3) is 0.261. The van der Waals surface area contributed by atoms with Crippen LogP contribution in [-0.2, 0) is 12.1 Å². The number of rotatable bonds is 4. The van der Waals surface area contributed by atoms with Gasteiger partial charge in [0.05, 0.1) is 5.60 Å². The summed E-state index contributed by atoms with van der Waals surface area (Å²) in [5, 5.41) is 12.5. The van der Waals surface area contributed by atoms with Crippen LogP contribution >= 0.6 is 23.2 Å². The number of aromatic nitrogens is 1. The molecule has 0 unspecified atom stereocenters. The number of nitrogens with zero attached hydrogens (tertiary/aromatic N) is 2. The van der Waals surface area contributed by atoms with Crippen molar-refractivity contribution in [2.75, 3.05) is 13.1 Å². The van der Waals surface area contributed by atoms with Crippen LogP contribution in [0.15, 0.2) is 67.0 Å². The molecule has 0 aliphatic carbocycles. The van der Waals surface area contributed by atoms with Crippen molar-refractivity contribution in [3.63, 3.8) is 0 Å². The van der Waals surface area contributed by atoms with Crippen LogP contribution in [0.1, 0.15) is 24.0 Å². The number of pyridine rings is 1. The minimum absolute atomic E-state index is 0.692. The van der Waals surface area contributed by atoms with Crippen LogP contribution in [0.5, 0.6) is 0 Å². The minimum atomic E-state index is -0.773. The van der Waals surface area contributed by atoms with Gasteiger partial charge < -0.3 is 5.11 Å². The highest BCUT2D eigenvalue weighted by Gasteiger charge is 2.33. The minimum Gasteiger partial charge on any atom is -0.385 e. The predicted molar refractivity (Wildman–Crippen MR) is 115 cm³/mol. The average Bonchev–Trinajstić information content (AvgIpc) is 2.71. The van der Waals surface area contributed by atoms with Gasteiger partial charge in [-0.3, -0.25) is 9.88 Å². The van der Waals surface area contributed by atoms with Crippen LogP contribution < -0.4 is 0 Å². The fourth-order valence-electron chi connectivity index (χ4n) is 3.76. The maximum Gasteiger partial charge on any atom is 0.0920 e. The van der Waals surface area contributed by atoms with E-state index in [-0.39, 0.29) is 0 Å². The van der Waals surface area contributed by atoms with Gasteiger partial charge in [-0.25, -0.2) is 0 Å². The van der Waals surface area contributed by atoms with Gasteiger partial charge in [0.25, 0.3) is 0 Å². The number of piperidine rings is 1. The summed E-state index contributed by atoms with van der Waals surface area (Å²) in [6, 6.07) is 17.5. The molecule has 0 saturated carbocycles. The number of benzene rings is 2. The fourth-order valence-corrected chi connectivity index (χ4v) is 4.01. The summed E-state index contributed by atoms with van der Waals surface area (Å²) in [4.78, 5) is 6.78. The maximum absolute atomic E-state index is 11.0. The third-order valence-corrected chi connectivity index (χ3v) is 5.95. The topological polar surface area (TPSA) is 36.4 Å². The Balaban J connectivity index is 1.42. The number of halogens is 2. The molecule has 28 heavy (non-hydrogen) atoms. The Labute approximate surface area is 175 Å². The molecule has 144 valence electrons. The standard InChI is InChI=1S/C23H22Cl2N2O/c24-21-5-1-18(2-6-21)19-13-17(14-26-15-19)16-27-11-9-23(28,10-12-27)20-3-7-22(25)8-4-20/h1-8,13-15,28H,9-12,16H2. The highest BCUT2D eigenvalue weighted by molar-refractivity contribution is 6.30. The molecule has 5 heteroatoms. The molecule has 0 bridgehead atoms. The highest BCUT2D eigenvalue weighted by atomic mass is 35.5. The van der Waals surface area contributed by atoms with E-state index >= 15 is 0 Å². The molecule has 0 radical (unpaired) electrons. The summed E-state index contributed by atoms with van der Waals surface area (Å²) in [6.45, 7) is 2.50. The Morgan fingerprint density at radius 3 is 2.11 bits per heavy atom. The maximum atomic E-state index is 11.0. The van der Waals surface area contributed by atoms with E-state index in [1.54, 1.807) is 0 Å². The van der Waals surface area contributed by atoms with Gasteiger partial charge in [0, 0.05) is 47.6 Å². The molecule has 4 rings (SSSR count). The van der Waals surface area contributed by atoms with E-state index in [0.717, 1.165) is 41.3 Å². The number of hydrogen-bond acceptors (Lipinski definition) is 3. The number of likely N-dealkylation sites (tertiary alicyclic amines) is 1. The van der Waals surface area contributed by atoms with Gasteiger partial charge >= 0.3 is 0 Å². The molecule has 2 aromatic carbocycles.